The third kappa shape index (κ3) is 2.20. The topological polar surface area (TPSA) is 40.5 Å². The third-order valence-corrected chi connectivity index (χ3v) is 2.87. The predicted octanol–water partition coefficient (Wildman–Crippen LogP) is 1.14. The minimum atomic E-state index is -4.70. The van der Waals surface area contributed by atoms with Crippen molar-refractivity contribution in [1.29, 1.82) is 0 Å². The van der Waals surface area contributed by atoms with Crippen LogP contribution in [0.4, 0.5) is 13.2 Å². The Balaban J connectivity index is 2.54. The number of amides is 1. The van der Waals surface area contributed by atoms with Crippen LogP contribution in [-0.4, -0.2) is 46.2 Å². The summed E-state index contributed by atoms with van der Waals surface area (Å²) in [6.07, 6.45) is -4.35. The minimum Gasteiger partial charge on any atom is -0.378 e. The van der Waals surface area contributed by atoms with E-state index in [0.29, 0.717) is 6.42 Å². The number of hydrogen-bond donors (Lipinski definition) is 1. The Kier molecular flexibility index (Phi) is 3.21. The van der Waals surface area contributed by atoms with Gasteiger partial charge in [0.25, 0.3) is 0 Å². The van der Waals surface area contributed by atoms with E-state index in [-0.39, 0.29) is 0 Å². The summed E-state index contributed by atoms with van der Waals surface area (Å²) in [4.78, 5) is 12.2. The van der Waals surface area contributed by atoms with Crippen LogP contribution in [0.3, 0.4) is 0 Å². The molecule has 0 saturated carbocycles. The molecule has 1 fully saturated rings. The van der Waals surface area contributed by atoms with E-state index in [0.717, 1.165) is 4.90 Å². The summed E-state index contributed by atoms with van der Waals surface area (Å²) in [6, 6.07) is 0. The monoisotopic (exact) mass is 245 g/mol. The highest BCUT2D eigenvalue weighted by atomic mass is 35.5. The van der Waals surface area contributed by atoms with Gasteiger partial charge >= 0.3 is 6.18 Å². The molecule has 0 aromatic carbocycles. The largest absolute Gasteiger partial charge is 0.420 e. The van der Waals surface area contributed by atoms with E-state index in [9.17, 15) is 18.0 Å². The Labute approximate surface area is 89.8 Å². The molecule has 0 spiro atoms. The molecule has 1 atom stereocenters. The number of aliphatic hydroxyl groups is 1. The number of carbonyl (C=O) groups is 1. The van der Waals surface area contributed by atoms with E-state index in [4.69, 9.17) is 16.7 Å². The summed E-state index contributed by atoms with van der Waals surface area (Å²) in [5.41, 5.74) is -2.76. The molecule has 1 heterocycles. The lowest BCUT2D eigenvalue weighted by atomic mass is 9.93. The second kappa shape index (κ2) is 3.83. The van der Waals surface area contributed by atoms with E-state index >= 15 is 0 Å². The Morgan fingerprint density at radius 3 is 2.40 bits per heavy atom. The van der Waals surface area contributed by atoms with Crippen LogP contribution in [0.15, 0.2) is 0 Å². The lowest BCUT2D eigenvalue weighted by molar-refractivity contribution is -0.297. The van der Waals surface area contributed by atoms with Crippen molar-refractivity contribution in [1.82, 2.24) is 4.90 Å². The smallest absolute Gasteiger partial charge is 0.378 e. The van der Waals surface area contributed by atoms with E-state index in [1.54, 1.807) is 6.92 Å². The van der Waals surface area contributed by atoms with E-state index in [1.807, 2.05) is 0 Å². The maximum absolute atomic E-state index is 12.2. The zero-order valence-corrected chi connectivity index (χ0v) is 8.77. The van der Waals surface area contributed by atoms with Crippen LogP contribution in [0.5, 0.6) is 0 Å². The van der Waals surface area contributed by atoms with E-state index in [2.05, 4.69) is 0 Å². The highest BCUT2D eigenvalue weighted by Gasteiger charge is 2.62. The third-order valence-electron chi connectivity index (χ3n) is 2.37. The fourth-order valence-electron chi connectivity index (χ4n) is 1.29. The molecule has 1 unspecified atom stereocenters. The van der Waals surface area contributed by atoms with Crippen LogP contribution in [0.25, 0.3) is 0 Å². The molecule has 1 aliphatic heterocycles. The SMILES string of the molecule is CCC(Cl)C(=O)N1CC(O)(C(F)(F)F)C1. The molecule has 1 rings (SSSR count). The van der Waals surface area contributed by atoms with Crippen LogP contribution < -0.4 is 0 Å². The van der Waals surface area contributed by atoms with Crippen LogP contribution in [0.1, 0.15) is 13.3 Å². The number of nitrogens with zero attached hydrogens (tertiary/aromatic N) is 1. The molecule has 0 aliphatic carbocycles. The van der Waals surface area contributed by atoms with Crippen LogP contribution >= 0.6 is 11.6 Å². The second-order valence-corrected chi connectivity index (χ2v) is 4.13. The molecule has 0 aromatic rings. The molecule has 0 radical (unpaired) electrons. The zero-order valence-electron chi connectivity index (χ0n) is 8.01. The normalized spacial score (nSPS) is 22.1. The minimum absolute atomic E-state index is 0.349. The van der Waals surface area contributed by atoms with Gasteiger partial charge in [0.2, 0.25) is 5.91 Å². The highest BCUT2D eigenvalue weighted by Crippen LogP contribution is 2.38. The molecule has 1 saturated heterocycles. The van der Waals surface area contributed by atoms with Crippen molar-refractivity contribution < 1.29 is 23.1 Å². The molecule has 15 heavy (non-hydrogen) atoms. The van der Waals surface area contributed by atoms with Crippen molar-refractivity contribution >= 4 is 17.5 Å². The summed E-state index contributed by atoms with van der Waals surface area (Å²) < 4.78 is 36.6. The number of β-amino-alcohol motifs (C(OH)–C–C–N with tert-alkyl or cyclic N) is 1. The Morgan fingerprint density at radius 1 is 1.60 bits per heavy atom. The van der Waals surface area contributed by atoms with Gasteiger partial charge in [0.15, 0.2) is 5.60 Å². The van der Waals surface area contributed by atoms with Crippen LogP contribution in [0.2, 0.25) is 0 Å². The average Bonchev–Trinajstić information content (AvgIpc) is 2.08. The number of rotatable bonds is 2. The van der Waals surface area contributed by atoms with Crippen molar-refractivity contribution in [2.75, 3.05) is 13.1 Å². The van der Waals surface area contributed by atoms with E-state index < -0.39 is 36.2 Å². The average molecular weight is 246 g/mol. The van der Waals surface area contributed by atoms with Gasteiger partial charge < -0.3 is 10.0 Å². The van der Waals surface area contributed by atoms with Gasteiger partial charge in [-0.05, 0) is 6.42 Å². The molecule has 1 amide bonds. The van der Waals surface area contributed by atoms with Crippen molar-refractivity contribution in [3.8, 4) is 0 Å². The summed E-state index contributed by atoms with van der Waals surface area (Å²) in [5, 5.41) is 8.24. The Morgan fingerprint density at radius 2 is 2.07 bits per heavy atom. The van der Waals surface area contributed by atoms with Gasteiger partial charge in [-0.15, -0.1) is 11.6 Å². The molecule has 7 heteroatoms. The molecular weight excluding hydrogens is 235 g/mol. The van der Waals surface area contributed by atoms with Gasteiger partial charge in [-0.3, -0.25) is 4.79 Å². The lowest BCUT2D eigenvalue weighted by Gasteiger charge is -2.47. The quantitative estimate of drug-likeness (QED) is 0.741. The maximum Gasteiger partial charge on any atom is 0.420 e. The molecular formula is C8H11ClF3NO2. The number of halogens is 4. The van der Waals surface area contributed by atoms with Crippen molar-refractivity contribution in [3.05, 3.63) is 0 Å². The predicted molar refractivity (Wildman–Crippen MR) is 47.5 cm³/mol. The molecule has 3 nitrogen and oxygen atoms in total. The van der Waals surface area contributed by atoms with Gasteiger partial charge in [0.1, 0.15) is 5.38 Å². The van der Waals surface area contributed by atoms with Crippen molar-refractivity contribution in [2.45, 2.75) is 30.5 Å². The van der Waals surface area contributed by atoms with Crippen molar-refractivity contribution in [2.24, 2.45) is 0 Å². The van der Waals surface area contributed by atoms with Crippen LogP contribution in [-0.2, 0) is 4.79 Å². The van der Waals surface area contributed by atoms with Crippen LogP contribution in [0, 0.1) is 0 Å². The van der Waals surface area contributed by atoms with Gasteiger partial charge in [0, 0.05) is 0 Å². The maximum atomic E-state index is 12.2. The van der Waals surface area contributed by atoms with Crippen molar-refractivity contribution in [3.63, 3.8) is 0 Å². The van der Waals surface area contributed by atoms with Gasteiger partial charge in [-0.2, -0.15) is 13.2 Å². The molecule has 1 N–H and O–H groups in total. The van der Waals surface area contributed by atoms with Gasteiger partial charge in [0.05, 0.1) is 13.1 Å². The highest BCUT2D eigenvalue weighted by molar-refractivity contribution is 6.30. The molecule has 88 valence electrons. The number of carbonyl (C=O) groups excluding carboxylic acids is 1. The Bertz CT molecular complexity index is 263. The second-order valence-electron chi connectivity index (χ2n) is 3.60. The standard InChI is InChI=1S/C8H11ClF3NO2/c1-2-5(9)6(14)13-3-7(15,4-13)8(10,11)12/h5,15H,2-4H2,1H3. The summed E-state index contributed by atoms with van der Waals surface area (Å²) in [7, 11) is 0. The summed E-state index contributed by atoms with van der Waals surface area (Å²) in [5.74, 6) is -0.562. The fourth-order valence-corrected chi connectivity index (χ4v) is 1.43. The molecule has 0 bridgehead atoms. The van der Waals surface area contributed by atoms with Gasteiger partial charge in [-0.25, -0.2) is 0 Å². The molecule has 0 aromatic heterocycles. The fraction of sp³-hybridized carbons (Fsp3) is 0.875. The first-order valence-electron chi connectivity index (χ1n) is 4.43. The first-order valence-corrected chi connectivity index (χ1v) is 4.87. The number of alkyl halides is 4. The zero-order chi connectivity index (χ0) is 11.9. The van der Waals surface area contributed by atoms with E-state index in [1.165, 1.54) is 0 Å². The molecule has 1 aliphatic rings. The first-order chi connectivity index (χ1) is 6.71. The van der Waals surface area contributed by atoms with Gasteiger partial charge in [-0.1, -0.05) is 6.92 Å². The summed E-state index contributed by atoms with van der Waals surface area (Å²) >= 11 is 5.58. The lowest BCUT2D eigenvalue weighted by Crippen LogP contribution is -2.71. The first kappa shape index (κ1) is 12.6. The number of hydrogen-bond acceptors (Lipinski definition) is 2. The Hall–Kier alpha value is -0.490. The summed E-state index contributed by atoms with van der Waals surface area (Å²) in [6.45, 7) is 0.211. The number of likely N-dealkylation sites (tertiary alicyclic amines) is 1.